The van der Waals surface area contributed by atoms with Crippen LogP contribution in [0.3, 0.4) is 0 Å². The lowest BCUT2D eigenvalue weighted by atomic mass is 10.1. The Kier molecular flexibility index (Phi) is 3.59. The predicted octanol–water partition coefficient (Wildman–Crippen LogP) is 1.67. The van der Waals surface area contributed by atoms with Crippen molar-refractivity contribution < 1.29 is 14.3 Å². The average Bonchev–Trinajstić information content (AvgIpc) is 2.86. The van der Waals surface area contributed by atoms with E-state index in [1.807, 2.05) is 4.90 Å². The number of carbonyl (C=O) groups is 2. The van der Waals surface area contributed by atoms with Gasteiger partial charge in [-0.1, -0.05) is 19.9 Å². The number of primary amides is 1. The highest BCUT2D eigenvalue weighted by Gasteiger charge is 2.62. The zero-order valence-corrected chi connectivity index (χ0v) is 13.0. The first-order valence-electron chi connectivity index (χ1n) is 7.70. The Morgan fingerprint density at radius 1 is 1.32 bits per heavy atom. The van der Waals surface area contributed by atoms with Gasteiger partial charge in [0.2, 0.25) is 11.8 Å². The number of carbonyl (C=O) groups excluding carboxylic acids is 2. The van der Waals surface area contributed by atoms with Crippen LogP contribution in [0.5, 0.6) is 5.75 Å². The van der Waals surface area contributed by atoms with Gasteiger partial charge in [-0.25, -0.2) is 0 Å². The molecule has 1 aromatic rings. The minimum Gasteiger partial charge on any atom is -0.493 e. The molecule has 2 aliphatic rings. The molecule has 118 valence electrons. The van der Waals surface area contributed by atoms with Gasteiger partial charge in [0.25, 0.3) is 0 Å². The highest BCUT2D eigenvalue weighted by Crippen LogP contribution is 2.61. The molecule has 0 spiro atoms. The summed E-state index contributed by atoms with van der Waals surface area (Å²) in [6.07, 6.45) is 0.362. The molecule has 1 saturated heterocycles. The van der Waals surface area contributed by atoms with E-state index in [9.17, 15) is 9.59 Å². The van der Waals surface area contributed by atoms with Crippen molar-refractivity contribution in [1.82, 2.24) is 4.90 Å². The van der Waals surface area contributed by atoms with E-state index in [-0.39, 0.29) is 5.91 Å². The molecule has 2 unspecified atom stereocenters. The summed E-state index contributed by atoms with van der Waals surface area (Å²) in [5.41, 5.74) is 6.05. The summed E-state index contributed by atoms with van der Waals surface area (Å²) in [7, 11) is 0. The smallest absolute Gasteiger partial charge is 0.248 e. The minimum absolute atomic E-state index is 0.147. The largest absolute Gasteiger partial charge is 0.493 e. The number of likely N-dealkylation sites (tertiary alicyclic amines) is 1. The van der Waals surface area contributed by atoms with Crippen molar-refractivity contribution >= 4 is 11.8 Å². The number of hydrogen-bond donors (Lipinski definition) is 1. The Hall–Kier alpha value is -2.04. The third-order valence-corrected chi connectivity index (χ3v) is 5.18. The van der Waals surface area contributed by atoms with Gasteiger partial charge in [-0.15, -0.1) is 0 Å². The van der Waals surface area contributed by atoms with Crippen LogP contribution in [-0.4, -0.2) is 36.4 Å². The van der Waals surface area contributed by atoms with E-state index in [1.165, 1.54) is 0 Å². The first-order chi connectivity index (χ1) is 10.4. The lowest BCUT2D eigenvalue weighted by Crippen LogP contribution is -2.33. The van der Waals surface area contributed by atoms with E-state index in [4.69, 9.17) is 10.5 Å². The summed E-state index contributed by atoms with van der Waals surface area (Å²) < 4.78 is 5.55. The highest BCUT2D eigenvalue weighted by atomic mass is 16.5. The van der Waals surface area contributed by atoms with E-state index in [0.717, 1.165) is 13.1 Å². The van der Waals surface area contributed by atoms with E-state index < -0.39 is 5.91 Å². The Balaban J connectivity index is 1.45. The fourth-order valence-corrected chi connectivity index (χ4v) is 3.49. The second-order valence-corrected chi connectivity index (χ2v) is 6.82. The van der Waals surface area contributed by atoms with Crippen LogP contribution in [0.4, 0.5) is 0 Å². The van der Waals surface area contributed by atoms with Crippen LogP contribution in [-0.2, 0) is 4.79 Å². The summed E-state index contributed by atoms with van der Waals surface area (Å²) in [4.78, 5) is 25.2. The number of hydrogen-bond acceptors (Lipinski definition) is 3. The van der Waals surface area contributed by atoms with Crippen LogP contribution in [0.25, 0.3) is 0 Å². The molecule has 1 aromatic carbocycles. The third kappa shape index (κ3) is 2.67. The fraction of sp³-hybridized carbons (Fsp3) is 0.529. The van der Waals surface area contributed by atoms with E-state index in [0.29, 0.717) is 41.6 Å². The normalized spacial score (nSPS) is 24.7. The van der Waals surface area contributed by atoms with Gasteiger partial charge >= 0.3 is 0 Å². The van der Waals surface area contributed by atoms with Crippen molar-refractivity contribution in [3.05, 3.63) is 29.8 Å². The highest BCUT2D eigenvalue weighted by molar-refractivity contribution is 5.93. The lowest BCUT2D eigenvalue weighted by Gasteiger charge is -2.22. The number of rotatable bonds is 5. The topological polar surface area (TPSA) is 72.6 Å². The molecule has 2 N–H and O–H groups in total. The molecule has 0 radical (unpaired) electrons. The second-order valence-electron chi connectivity index (χ2n) is 6.82. The number of benzene rings is 1. The van der Waals surface area contributed by atoms with Crippen LogP contribution in [0.2, 0.25) is 0 Å². The fourth-order valence-electron chi connectivity index (χ4n) is 3.49. The van der Waals surface area contributed by atoms with Crippen molar-refractivity contribution in [1.29, 1.82) is 0 Å². The zero-order valence-electron chi connectivity index (χ0n) is 13.0. The van der Waals surface area contributed by atoms with Gasteiger partial charge in [-0.3, -0.25) is 9.59 Å². The summed E-state index contributed by atoms with van der Waals surface area (Å²) in [5, 5.41) is 0. The van der Waals surface area contributed by atoms with Crippen molar-refractivity contribution in [2.45, 2.75) is 20.3 Å². The van der Waals surface area contributed by atoms with Crippen molar-refractivity contribution in [2.75, 3.05) is 19.7 Å². The van der Waals surface area contributed by atoms with Crippen LogP contribution in [0.1, 0.15) is 30.6 Å². The van der Waals surface area contributed by atoms with Crippen LogP contribution in [0.15, 0.2) is 24.3 Å². The minimum atomic E-state index is -0.486. The van der Waals surface area contributed by atoms with Crippen LogP contribution in [0, 0.1) is 17.3 Å². The number of nitrogens with zero attached hydrogens (tertiary/aromatic N) is 1. The molecule has 5 nitrogen and oxygen atoms in total. The molecule has 1 saturated carbocycles. The monoisotopic (exact) mass is 302 g/mol. The number of fused-ring (bicyclic) bond motifs is 1. The third-order valence-electron chi connectivity index (χ3n) is 5.18. The molecule has 1 aliphatic carbocycles. The summed E-state index contributed by atoms with van der Waals surface area (Å²) in [6, 6.07) is 6.71. The second kappa shape index (κ2) is 5.30. The molecule has 5 heteroatoms. The SMILES string of the molecule is CC1(C)C2CN(C(=O)CCOc3cccc(C(N)=O)c3)CC21. The molecular weight excluding hydrogens is 280 g/mol. The summed E-state index contributed by atoms with van der Waals surface area (Å²) in [6.45, 7) is 6.63. The van der Waals surface area contributed by atoms with Crippen LogP contribution >= 0.6 is 0 Å². The molecule has 2 atom stereocenters. The molecule has 2 amide bonds. The number of piperidine rings is 1. The molecule has 0 bridgehead atoms. The molecule has 3 rings (SSSR count). The van der Waals surface area contributed by atoms with Gasteiger partial charge in [0.15, 0.2) is 0 Å². The average molecular weight is 302 g/mol. The standard InChI is InChI=1S/C17H22N2O3/c1-17(2)13-9-19(10-14(13)17)15(20)6-7-22-12-5-3-4-11(8-12)16(18)21/h3-5,8,13-14H,6-7,9-10H2,1-2H3,(H2,18,21). The Morgan fingerprint density at radius 2 is 2.00 bits per heavy atom. The van der Waals surface area contributed by atoms with E-state index >= 15 is 0 Å². The zero-order chi connectivity index (χ0) is 15.9. The van der Waals surface area contributed by atoms with Gasteiger partial charge in [0.05, 0.1) is 13.0 Å². The van der Waals surface area contributed by atoms with Gasteiger partial charge < -0.3 is 15.4 Å². The molecule has 0 aromatic heterocycles. The van der Waals surface area contributed by atoms with E-state index in [1.54, 1.807) is 24.3 Å². The molecular formula is C17H22N2O3. The Morgan fingerprint density at radius 3 is 2.64 bits per heavy atom. The predicted molar refractivity (Wildman–Crippen MR) is 82.4 cm³/mol. The Bertz CT molecular complexity index is 598. The van der Waals surface area contributed by atoms with Gasteiger partial charge in [0.1, 0.15) is 5.75 Å². The van der Waals surface area contributed by atoms with Crippen molar-refractivity contribution in [3.8, 4) is 5.75 Å². The first-order valence-corrected chi connectivity index (χ1v) is 7.70. The summed E-state index contributed by atoms with van der Waals surface area (Å²) >= 11 is 0. The maximum Gasteiger partial charge on any atom is 0.248 e. The maximum atomic E-state index is 12.2. The Labute approximate surface area is 130 Å². The van der Waals surface area contributed by atoms with Gasteiger partial charge in [0, 0.05) is 18.7 Å². The first kappa shape index (κ1) is 14.9. The number of nitrogens with two attached hydrogens (primary N) is 1. The lowest BCUT2D eigenvalue weighted by molar-refractivity contribution is -0.131. The summed E-state index contributed by atoms with van der Waals surface area (Å²) in [5.74, 6) is 1.57. The quantitative estimate of drug-likeness (QED) is 0.899. The molecule has 1 heterocycles. The van der Waals surface area contributed by atoms with Gasteiger partial charge in [-0.05, 0) is 35.4 Å². The maximum absolute atomic E-state index is 12.2. The molecule has 2 fully saturated rings. The van der Waals surface area contributed by atoms with Gasteiger partial charge in [-0.2, -0.15) is 0 Å². The van der Waals surface area contributed by atoms with E-state index in [2.05, 4.69) is 13.8 Å². The van der Waals surface area contributed by atoms with Crippen molar-refractivity contribution in [2.24, 2.45) is 23.0 Å². The number of amides is 2. The molecule has 22 heavy (non-hydrogen) atoms. The van der Waals surface area contributed by atoms with Crippen LogP contribution < -0.4 is 10.5 Å². The number of ether oxygens (including phenoxy) is 1. The molecule has 1 aliphatic heterocycles. The van der Waals surface area contributed by atoms with Crippen molar-refractivity contribution in [3.63, 3.8) is 0 Å².